The first-order valence-electron chi connectivity index (χ1n) is 8.67. The van der Waals surface area contributed by atoms with Gasteiger partial charge < -0.3 is 14.7 Å². The molecule has 1 atom stereocenters. The normalized spacial score (nSPS) is 43.4. The van der Waals surface area contributed by atoms with E-state index >= 15 is 0 Å². The second-order valence-corrected chi connectivity index (χ2v) is 8.04. The van der Waals surface area contributed by atoms with Gasteiger partial charge in [-0.3, -0.25) is 9.59 Å². The van der Waals surface area contributed by atoms with E-state index in [4.69, 9.17) is 9.84 Å². The van der Waals surface area contributed by atoms with Gasteiger partial charge in [-0.05, 0) is 56.3 Å². The van der Waals surface area contributed by atoms with E-state index < -0.39 is 5.97 Å². The Kier molecular flexibility index (Phi) is 3.44. The van der Waals surface area contributed by atoms with E-state index in [1.54, 1.807) is 0 Å². The molecule has 1 aliphatic heterocycles. The summed E-state index contributed by atoms with van der Waals surface area (Å²) < 4.78 is 5.51. The second-order valence-electron chi connectivity index (χ2n) is 8.04. The van der Waals surface area contributed by atoms with Crippen LogP contribution in [0.25, 0.3) is 0 Å². The van der Waals surface area contributed by atoms with Crippen LogP contribution >= 0.6 is 0 Å². The van der Waals surface area contributed by atoms with Crippen molar-refractivity contribution >= 4 is 11.9 Å². The fourth-order valence-corrected chi connectivity index (χ4v) is 5.93. The Bertz CT molecular complexity index is 454. The summed E-state index contributed by atoms with van der Waals surface area (Å²) in [6.07, 6.45) is 6.84. The first-order chi connectivity index (χ1) is 10.5. The lowest BCUT2D eigenvalue weighted by Gasteiger charge is -2.57. The number of aliphatic carboxylic acids is 1. The predicted molar refractivity (Wildman–Crippen MR) is 79.2 cm³/mol. The fourth-order valence-electron chi connectivity index (χ4n) is 5.93. The monoisotopic (exact) mass is 307 g/mol. The molecule has 4 aliphatic carbocycles. The summed E-state index contributed by atoms with van der Waals surface area (Å²) >= 11 is 0. The number of ether oxygens (including phenoxy) is 1. The number of hydrogen-bond acceptors (Lipinski definition) is 3. The van der Waals surface area contributed by atoms with Crippen molar-refractivity contribution in [3.8, 4) is 0 Å². The summed E-state index contributed by atoms with van der Waals surface area (Å²) in [6, 6.07) is 0. The van der Waals surface area contributed by atoms with Crippen molar-refractivity contribution in [2.24, 2.45) is 23.2 Å². The molecular weight excluding hydrogens is 282 g/mol. The van der Waals surface area contributed by atoms with E-state index in [1.165, 1.54) is 19.3 Å². The molecule has 0 aromatic carbocycles. The van der Waals surface area contributed by atoms with E-state index in [9.17, 15) is 9.59 Å². The summed E-state index contributed by atoms with van der Waals surface area (Å²) in [7, 11) is 0. The Labute approximate surface area is 131 Å². The topological polar surface area (TPSA) is 66.8 Å². The van der Waals surface area contributed by atoms with Crippen LogP contribution in [-0.2, 0) is 14.3 Å². The number of carboxylic acid groups (broad SMARTS) is 1. The lowest BCUT2D eigenvalue weighted by Crippen LogP contribution is -2.57. The van der Waals surface area contributed by atoms with Crippen LogP contribution in [0.5, 0.6) is 0 Å². The number of carbonyl (C=O) groups is 2. The molecule has 5 heteroatoms. The van der Waals surface area contributed by atoms with Crippen molar-refractivity contribution in [3.05, 3.63) is 0 Å². The number of rotatable bonds is 3. The molecule has 0 aromatic rings. The zero-order valence-electron chi connectivity index (χ0n) is 13.0. The molecule has 5 nitrogen and oxygen atoms in total. The minimum Gasteiger partial charge on any atom is -0.481 e. The average Bonchev–Trinajstić information content (AvgIpc) is 2.44. The largest absolute Gasteiger partial charge is 0.481 e. The molecule has 0 radical (unpaired) electrons. The van der Waals surface area contributed by atoms with E-state index in [2.05, 4.69) is 0 Å². The van der Waals surface area contributed by atoms with Gasteiger partial charge in [0.05, 0.1) is 24.5 Å². The Morgan fingerprint density at radius 3 is 2.23 bits per heavy atom. The van der Waals surface area contributed by atoms with Crippen LogP contribution in [0, 0.1) is 23.2 Å². The first kappa shape index (κ1) is 14.5. The van der Waals surface area contributed by atoms with Gasteiger partial charge in [0.1, 0.15) is 0 Å². The molecule has 4 bridgehead atoms. The zero-order valence-corrected chi connectivity index (χ0v) is 13.0. The Morgan fingerprint density at radius 2 is 1.68 bits per heavy atom. The van der Waals surface area contributed by atoms with Crippen LogP contribution in [-0.4, -0.2) is 47.7 Å². The molecule has 1 unspecified atom stereocenters. The first-order valence-corrected chi connectivity index (χ1v) is 8.67. The van der Waals surface area contributed by atoms with Crippen LogP contribution in [0.15, 0.2) is 0 Å². The molecule has 4 saturated carbocycles. The maximum Gasteiger partial charge on any atom is 0.306 e. The molecule has 5 aliphatic rings. The van der Waals surface area contributed by atoms with Gasteiger partial charge in [-0.2, -0.15) is 0 Å². The highest BCUT2D eigenvalue weighted by molar-refractivity contribution is 5.83. The van der Waals surface area contributed by atoms with Crippen molar-refractivity contribution in [1.29, 1.82) is 0 Å². The molecule has 22 heavy (non-hydrogen) atoms. The summed E-state index contributed by atoms with van der Waals surface area (Å²) in [4.78, 5) is 26.0. The van der Waals surface area contributed by atoms with Crippen molar-refractivity contribution in [3.63, 3.8) is 0 Å². The molecule has 0 aromatic heterocycles. The third-order valence-corrected chi connectivity index (χ3v) is 6.32. The van der Waals surface area contributed by atoms with Crippen molar-refractivity contribution in [2.75, 3.05) is 19.7 Å². The number of hydrogen-bond donors (Lipinski definition) is 1. The number of morpholine rings is 1. The van der Waals surface area contributed by atoms with Crippen molar-refractivity contribution in [2.45, 2.75) is 51.0 Å². The fraction of sp³-hybridized carbons (Fsp3) is 0.882. The molecule has 0 spiro atoms. The molecule has 1 N–H and O–H groups in total. The number of carboxylic acids is 1. The minimum absolute atomic E-state index is 0.00927. The Balaban J connectivity index is 1.48. The molecule has 122 valence electrons. The highest BCUT2D eigenvalue weighted by atomic mass is 16.5. The van der Waals surface area contributed by atoms with Crippen LogP contribution in [0.2, 0.25) is 0 Å². The van der Waals surface area contributed by atoms with Crippen LogP contribution in [0.3, 0.4) is 0 Å². The zero-order chi connectivity index (χ0) is 15.3. The van der Waals surface area contributed by atoms with Crippen LogP contribution < -0.4 is 0 Å². The van der Waals surface area contributed by atoms with Gasteiger partial charge in [-0.1, -0.05) is 0 Å². The average molecular weight is 307 g/mol. The van der Waals surface area contributed by atoms with E-state index in [1.807, 2.05) is 4.90 Å². The van der Waals surface area contributed by atoms with Crippen molar-refractivity contribution in [1.82, 2.24) is 4.90 Å². The number of nitrogens with zero attached hydrogens (tertiary/aromatic N) is 1. The summed E-state index contributed by atoms with van der Waals surface area (Å²) in [5, 5.41) is 8.94. The standard InChI is InChI=1S/C17H25NO4/c19-15(20)6-14-10-18(1-2-22-14)16(21)17-7-11-3-12(8-17)5-13(4-11)9-17/h11-14H,1-10H2,(H,19,20). The second kappa shape index (κ2) is 5.22. The third kappa shape index (κ3) is 2.43. The Morgan fingerprint density at radius 1 is 1.09 bits per heavy atom. The van der Waals surface area contributed by atoms with Crippen LogP contribution in [0.4, 0.5) is 0 Å². The summed E-state index contributed by atoms with van der Waals surface area (Å²) in [6.45, 7) is 1.54. The molecule has 1 amide bonds. The Hall–Kier alpha value is -1.10. The minimum atomic E-state index is -0.853. The van der Waals surface area contributed by atoms with Gasteiger partial charge in [0.15, 0.2) is 0 Å². The molecule has 1 saturated heterocycles. The highest BCUT2D eigenvalue weighted by Gasteiger charge is 2.55. The van der Waals surface area contributed by atoms with Crippen molar-refractivity contribution < 1.29 is 19.4 Å². The van der Waals surface area contributed by atoms with Gasteiger partial charge in [-0.25, -0.2) is 0 Å². The number of carbonyl (C=O) groups excluding carboxylic acids is 1. The maximum atomic E-state index is 13.2. The van der Waals surface area contributed by atoms with E-state index in [-0.39, 0.29) is 17.9 Å². The lowest BCUT2D eigenvalue weighted by atomic mass is 9.49. The number of amides is 1. The van der Waals surface area contributed by atoms with Gasteiger partial charge >= 0.3 is 5.97 Å². The lowest BCUT2D eigenvalue weighted by molar-refractivity contribution is -0.166. The van der Waals surface area contributed by atoms with Gasteiger partial charge in [0, 0.05) is 13.1 Å². The quantitative estimate of drug-likeness (QED) is 0.865. The van der Waals surface area contributed by atoms with Gasteiger partial charge in [0.25, 0.3) is 0 Å². The third-order valence-electron chi connectivity index (χ3n) is 6.32. The van der Waals surface area contributed by atoms with Crippen LogP contribution in [0.1, 0.15) is 44.9 Å². The van der Waals surface area contributed by atoms with E-state index in [0.717, 1.165) is 37.0 Å². The summed E-state index contributed by atoms with van der Waals surface area (Å²) in [5.41, 5.74) is -0.125. The summed E-state index contributed by atoms with van der Waals surface area (Å²) in [5.74, 6) is 1.71. The highest BCUT2D eigenvalue weighted by Crippen LogP contribution is 2.60. The molecule has 1 heterocycles. The molecule has 5 fully saturated rings. The maximum absolute atomic E-state index is 13.2. The molecule has 5 rings (SSSR count). The molecular formula is C17H25NO4. The predicted octanol–water partition coefficient (Wildman–Crippen LogP) is 1.90. The van der Waals surface area contributed by atoms with E-state index in [0.29, 0.717) is 25.6 Å². The smallest absolute Gasteiger partial charge is 0.306 e. The SMILES string of the molecule is O=C(O)CC1CN(C(=O)C23CC4CC(CC(C4)C2)C3)CCO1. The van der Waals surface area contributed by atoms with Gasteiger partial charge in [0.2, 0.25) is 5.91 Å². The van der Waals surface area contributed by atoms with Gasteiger partial charge in [-0.15, -0.1) is 0 Å².